The molecule has 2 aliphatic rings. The Morgan fingerprint density at radius 2 is 1.93 bits per heavy atom. The fourth-order valence-electron chi connectivity index (χ4n) is 3.00. The number of carboxylic acid groups (broad SMARTS) is 1. The number of aromatic nitrogens is 3. The van der Waals surface area contributed by atoms with Gasteiger partial charge in [0.2, 0.25) is 0 Å². The second-order valence-corrected chi connectivity index (χ2v) is 7.82. The average Bonchev–Trinajstić information content (AvgIpc) is 3.13. The van der Waals surface area contributed by atoms with Gasteiger partial charge in [-0.15, -0.1) is 16.4 Å². The maximum Gasteiger partial charge on any atom is 0.490 e. The van der Waals surface area contributed by atoms with Crippen LogP contribution >= 0.6 is 11.3 Å². The van der Waals surface area contributed by atoms with Gasteiger partial charge in [-0.25, -0.2) is 9.48 Å². The summed E-state index contributed by atoms with van der Waals surface area (Å²) in [5.74, 6) is -2.05. The molecule has 6 nitrogen and oxygen atoms in total. The highest BCUT2D eigenvalue weighted by Crippen LogP contribution is 2.39. The number of hydrogen-bond acceptors (Lipinski definition) is 5. The molecule has 2 fully saturated rings. The van der Waals surface area contributed by atoms with Crippen LogP contribution in [0.3, 0.4) is 0 Å². The summed E-state index contributed by atoms with van der Waals surface area (Å²) >= 11 is 1.86. The lowest BCUT2D eigenvalue weighted by Gasteiger charge is -2.31. The Bertz CT molecular complexity index is 736. The summed E-state index contributed by atoms with van der Waals surface area (Å²) in [6.45, 7) is 3.44. The van der Waals surface area contributed by atoms with Crippen LogP contribution < -0.4 is 0 Å². The number of piperidine rings is 1. The molecule has 27 heavy (non-hydrogen) atoms. The molecule has 1 N–H and O–H groups in total. The summed E-state index contributed by atoms with van der Waals surface area (Å²) in [5, 5.41) is 18.0. The van der Waals surface area contributed by atoms with Crippen molar-refractivity contribution in [3.63, 3.8) is 0 Å². The lowest BCUT2D eigenvalue weighted by Crippen LogP contribution is -2.34. The Labute approximate surface area is 158 Å². The Balaban J connectivity index is 0.000000260. The highest BCUT2D eigenvalue weighted by Gasteiger charge is 2.38. The molecular weight excluding hydrogens is 381 g/mol. The van der Waals surface area contributed by atoms with E-state index < -0.39 is 12.1 Å². The third-order valence-corrected chi connectivity index (χ3v) is 5.52. The maximum absolute atomic E-state index is 10.6. The quantitative estimate of drug-likeness (QED) is 0.845. The molecule has 0 spiro atoms. The van der Waals surface area contributed by atoms with Crippen molar-refractivity contribution >= 4 is 17.3 Å². The van der Waals surface area contributed by atoms with Gasteiger partial charge < -0.3 is 5.11 Å². The number of hydrogen-bond donors (Lipinski definition) is 1. The van der Waals surface area contributed by atoms with Crippen LogP contribution in [0.1, 0.15) is 48.2 Å². The van der Waals surface area contributed by atoms with Crippen molar-refractivity contribution in [3.8, 4) is 0 Å². The van der Waals surface area contributed by atoms with Gasteiger partial charge in [-0.1, -0.05) is 11.3 Å². The maximum atomic E-state index is 10.6. The molecule has 4 rings (SSSR count). The number of thiophene rings is 1. The average molecular weight is 402 g/mol. The summed E-state index contributed by atoms with van der Waals surface area (Å²) in [7, 11) is 0. The third-order valence-electron chi connectivity index (χ3n) is 4.66. The first-order valence-electron chi connectivity index (χ1n) is 8.79. The first-order chi connectivity index (χ1) is 12.8. The van der Waals surface area contributed by atoms with Crippen molar-refractivity contribution in [2.75, 3.05) is 13.1 Å². The van der Waals surface area contributed by atoms with E-state index in [9.17, 15) is 13.2 Å². The number of rotatable bonds is 4. The molecule has 0 aromatic carbocycles. The van der Waals surface area contributed by atoms with E-state index >= 15 is 0 Å². The van der Waals surface area contributed by atoms with Crippen molar-refractivity contribution in [1.29, 1.82) is 0 Å². The van der Waals surface area contributed by atoms with Gasteiger partial charge in [0, 0.05) is 36.6 Å². The van der Waals surface area contributed by atoms with E-state index in [1.165, 1.54) is 49.3 Å². The SMILES string of the molecule is O=C(O)C(F)(F)F.c1csc(CN2CCC(n3cc(C4CC4)nn3)CC2)c1. The van der Waals surface area contributed by atoms with Gasteiger partial charge in [0.25, 0.3) is 0 Å². The van der Waals surface area contributed by atoms with Crippen LogP contribution in [-0.2, 0) is 11.3 Å². The predicted molar refractivity (Wildman–Crippen MR) is 93.6 cm³/mol. The van der Waals surface area contributed by atoms with Gasteiger partial charge in [-0.05, 0) is 37.1 Å². The molecule has 1 aliphatic heterocycles. The molecule has 0 radical (unpaired) electrons. The molecule has 148 valence electrons. The summed E-state index contributed by atoms with van der Waals surface area (Å²) in [6, 6.07) is 4.92. The zero-order chi connectivity index (χ0) is 19.4. The number of aliphatic carboxylic acids is 1. The van der Waals surface area contributed by atoms with Crippen molar-refractivity contribution in [2.24, 2.45) is 0 Å². The van der Waals surface area contributed by atoms with E-state index in [0.717, 1.165) is 6.54 Å². The number of nitrogens with zero attached hydrogens (tertiary/aromatic N) is 4. The number of likely N-dealkylation sites (tertiary alicyclic amines) is 1. The van der Waals surface area contributed by atoms with Gasteiger partial charge in [0.15, 0.2) is 0 Å². The zero-order valence-electron chi connectivity index (χ0n) is 14.6. The minimum atomic E-state index is -5.08. The van der Waals surface area contributed by atoms with Crippen molar-refractivity contribution < 1.29 is 23.1 Å². The molecule has 0 atom stereocenters. The van der Waals surface area contributed by atoms with Crippen molar-refractivity contribution in [1.82, 2.24) is 19.9 Å². The molecule has 3 heterocycles. The molecular formula is C17H21F3N4O2S. The smallest absolute Gasteiger partial charge is 0.475 e. The predicted octanol–water partition coefficient (Wildman–Crippen LogP) is 3.69. The van der Waals surface area contributed by atoms with E-state index in [2.05, 4.69) is 43.6 Å². The van der Waals surface area contributed by atoms with E-state index in [-0.39, 0.29) is 0 Å². The van der Waals surface area contributed by atoms with Crippen LogP contribution in [0, 0.1) is 0 Å². The first-order valence-corrected chi connectivity index (χ1v) is 9.67. The number of carboxylic acids is 1. The topological polar surface area (TPSA) is 71.2 Å². The van der Waals surface area contributed by atoms with E-state index in [4.69, 9.17) is 9.90 Å². The molecule has 1 saturated carbocycles. The minimum absolute atomic E-state index is 0.551. The van der Waals surface area contributed by atoms with Gasteiger partial charge in [0.1, 0.15) is 0 Å². The molecule has 0 amide bonds. The Hall–Kier alpha value is -1.94. The zero-order valence-corrected chi connectivity index (χ0v) is 15.4. The number of alkyl halides is 3. The van der Waals surface area contributed by atoms with Crippen LogP contribution in [0.4, 0.5) is 13.2 Å². The van der Waals surface area contributed by atoms with Crippen molar-refractivity contribution in [2.45, 2.75) is 50.4 Å². The number of halogens is 3. The van der Waals surface area contributed by atoms with Crippen LogP contribution in [0.5, 0.6) is 0 Å². The Morgan fingerprint density at radius 3 is 2.44 bits per heavy atom. The molecule has 0 unspecified atom stereocenters. The minimum Gasteiger partial charge on any atom is -0.475 e. The van der Waals surface area contributed by atoms with Crippen LogP contribution in [0.2, 0.25) is 0 Å². The Morgan fingerprint density at radius 1 is 1.26 bits per heavy atom. The van der Waals surface area contributed by atoms with Gasteiger partial charge in [-0.3, -0.25) is 4.90 Å². The molecule has 1 saturated heterocycles. The standard InChI is InChI=1S/C15H20N4S.C2HF3O2/c1-2-14(20-9-1)10-18-7-5-13(6-8-18)19-11-15(16-17-19)12-3-4-12;3-2(4,5)1(6)7/h1-2,9,11-13H,3-8,10H2;(H,6,7). The summed E-state index contributed by atoms with van der Waals surface area (Å²) in [5.41, 5.74) is 1.21. The van der Waals surface area contributed by atoms with Gasteiger partial charge in [0.05, 0.1) is 11.7 Å². The molecule has 2 aromatic rings. The lowest BCUT2D eigenvalue weighted by atomic mass is 10.1. The van der Waals surface area contributed by atoms with Crippen LogP contribution in [-0.4, -0.2) is 50.2 Å². The molecule has 10 heteroatoms. The van der Waals surface area contributed by atoms with E-state index in [1.54, 1.807) is 0 Å². The van der Waals surface area contributed by atoms with Crippen molar-refractivity contribution in [3.05, 3.63) is 34.3 Å². The van der Waals surface area contributed by atoms with Gasteiger partial charge >= 0.3 is 12.1 Å². The van der Waals surface area contributed by atoms with E-state index in [1.807, 2.05) is 11.3 Å². The summed E-state index contributed by atoms with van der Waals surface area (Å²) in [6.07, 6.45) is 2.10. The molecule has 1 aliphatic carbocycles. The fraction of sp³-hybridized carbons (Fsp3) is 0.588. The second kappa shape index (κ2) is 8.39. The second-order valence-electron chi connectivity index (χ2n) is 6.79. The summed E-state index contributed by atoms with van der Waals surface area (Å²) < 4.78 is 33.9. The lowest BCUT2D eigenvalue weighted by molar-refractivity contribution is -0.192. The van der Waals surface area contributed by atoms with Crippen LogP contribution in [0.25, 0.3) is 0 Å². The monoisotopic (exact) mass is 402 g/mol. The Kier molecular flexibility index (Phi) is 6.15. The normalized spacial score (nSPS) is 18.8. The van der Waals surface area contributed by atoms with E-state index in [0.29, 0.717) is 12.0 Å². The molecule has 2 aromatic heterocycles. The highest BCUT2D eigenvalue weighted by atomic mass is 32.1. The summed E-state index contributed by atoms with van der Waals surface area (Å²) in [4.78, 5) is 12.9. The molecule has 0 bridgehead atoms. The first kappa shape index (κ1) is 19.8. The third kappa shape index (κ3) is 5.77. The number of carbonyl (C=O) groups is 1. The van der Waals surface area contributed by atoms with Crippen LogP contribution in [0.15, 0.2) is 23.7 Å². The van der Waals surface area contributed by atoms with Gasteiger partial charge in [-0.2, -0.15) is 13.2 Å². The highest BCUT2D eigenvalue weighted by molar-refractivity contribution is 7.09. The fourth-order valence-corrected chi connectivity index (χ4v) is 3.75. The largest absolute Gasteiger partial charge is 0.490 e.